The van der Waals surface area contributed by atoms with E-state index in [9.17, 15) is 13.2 Å². The fourth-order valence-corrected chi connectivity index (χ4v) is 6.54. The van der Waals surface area contributed by atoms with Gasteiger partial charge in [0.05, 0.1) is 12.2 Å². The predicted octanol–water partition coefficient (Wildman–Crippen LogP) is 4.79. The van der Waals surface area contributed by atoms with Crippen molar-refractivity contribution in [2.24, 2.45) is 0 Å². The number of nitrogens with zero attached hydrogens (tertiary/aromatic N) is 1. The monoisotopic (exact) mass is 444 g/mol. The fourth-order valence-electron chi connectivity index (χ4n) is 3.74. The summed E-state index contributed by atoms with van der Waals surface area (Å²) in [4.78, 5) is 14.3. The van der Waals surface area contributed by atoms with Crippen LogP contribution in [0.5, 0.6) is 0 Å². The predicted molar refractivity (Wildman–Crippen MR) is 121 cm³/mol. The molecule has 1 fully saturated rings. The summed E-state index contributed by atoms with van der Waals surface area (Å²) in [5.41, 5.74) is 2.51. The van der Waals surface area contributed by atoms with Crippen LogP contribution in [0.15, 0.2) is 46.7 Å². The summed E-state index contributed by atoms with van der Waals surface area (Å²) >= 11 is 1.26. The number of anilines is 2. The molecule has 1 aliphatic heterocycles. The van der Waals surface area contributed by atoms with Gasteiger partial charge in [0.25, 0.3) is 10.0 Å². The van der Waals surface area contributed by atoms with Gasteiger partial charge in [-0.2, -0.15) is 0 Å². The maximum atomic E-state index is 13.1. The Hall–Kier alpha value is -2.58. The minimum absolute atomic E-state index is 0.259. The number of hydrogen-bond donors (Lipinski definition) is 1. The number of hydrogen-bond acceptors (Lipinski definition) is 6. The van der Waals surface area contributed by atoms with Gasteiger partial charge < -0.3 is 9.64 Å². The van der Waals surface area contributed by atoms with Crippen LogP contribution in [-0.4, -0.2) is 34.1 Å². The molecular formula is C22H24N2O4S2. The molecule has 158 valence electrons. The molecule has 0 amide bonds. The standard InChI is InChI=1S/C22H24N2O4S2/c1-3-28-21(25)16-7-6-8-17(13-16)23-30(26,27)22-15(2)19-14-18(9-10-20(19)29-22)24-11-4-5-12-24/h6-10,13-14,23H,3-5,11-12H2,1-2H3. The van der Waals surface area contributed by atoms with E-state index in [0.29, 0.717) is 11.3 Å². The van der Waals surface area contributed by atoms with E-state index in [-0.39, 0.29) is 10.8 Å². The maximum Gasteiger partial charge on any atom is 0.338 e. The highest BCUT2D eigenvalue weighted by Gasteiger charge is 2.23. The van der Waals surface area contributed by atoms with Crippen molar-refractivity contribution in [2.45, 2.75) is 30.9 Å². The van der Waals surface area contributed by atoms with Crippen LogP contribution in [0.25, 0.3) is 10.1 Å². The molecule has 4 rings (SSSR count). The Bertz CT molecular complexity index is 1200. The van der Waals surface area contributed by atoms with Gasteiger partial charge in [-0.25, -0.2) is 13.2 Å². The van der Waals surface area contributed by atoms with Crippen LogP contribution in [0, 0.1) is 6.92 Å². The highest BCUT2D eigenvalue weighted by atomic mass is 32.2. The SMILES string of the molecule is CCOC(=O)c1cccc(NS(=O)(=O)c2sc3ccc(N4CCCC4)cc3c2C)c1. The molecule has 1 saturated heterocycles. The van der Waals surface area contributed by atoms with E-state index >= 15 is 0 Å². The van der Waals surface area contributed by atoms with Gasteiger partial charge >= 0.3 is 5.97 Å². The van der Waals surface area contributed by atoms with E-state index in [4.69, 9.17) is 4.74 Å². The second kappa shape index (κ2) is 8.28. The van der Waals surface area contributed by atoms with Crippen LogP contribution in [0.1, 0.15) is 35.7 Å². The fraction of sp³-hybridized carbons (Fsp3) is 0.318. The normalized spacial score (nSPS) is 14.3. The molecular weight excluding hydrogens is 420 g/mol. The van der Waals surface area contributed by atoms with Crippen molar-refractivity contribution in [3.8, 4) is 0 Å². The van der Waals surface area contributed by atoms with Crippen LogP contribution in [0.4, 0.5) is 11.4 Å². The van der Waals surface area contributed by atoms with E-state index in [0.717, 1.165) is 34.4 Å². The molecule has 1 aromatic heterocycles. The average molecular weight is 445 g/mol. The van der Waals surface area contributed by atoms with Gasteiger partial charge in [0.2, 0.25) is 0 Å². The zero-order valence-corrected chi connectivity index (χ0v) is 18.6. The van der Waals surface area contributed by atoms with Crippen molar-refractivity contribution in [3.05, 3.63) is 53.6 Å². The molecule has 6 nitrogen and oxygen atoms in total. The van der Waals surface area contributed by atoms with E-state index in [1.807, 2.05) is 13.0 Å². The van der Waals surface area contributed by atoms with Crippen molar-refractivity contribution in [1.82, 2.24) is 0 Å². The van der Waals surface area contributed by atoms with E-state index in [1.165, 1.54) is 30.2 Å². The number of carbonyl (C=O) groups excluding carboxylic acids is 1. The number of rotatable bonds is 6. The summed E-state index contributed by atoms with van der Waals surface area (Å²) < 4.78 is 35.1. The van der Waals surface area contributed by atoms with Crippen LogP contribution in [-0.2, 0) is 14.8 Å². The quantitative estimate of drug-likeness (QED) is 0.554. The molecule has 0 radical (unpaired) electrons. The molecule has 30 heavy (non-hydrogen) atoms. The van der Waals surface area contributed by atoms with Gasteiger partial charge in [-0.05, 0) is 74.0 Å². The summed E-state index contributed by atoms with van der Waals surface area (Å²) in [5, 5.41) is 0.963. The summed E-state index contributed by atoms with van der Waals surface area (Å²) in [5.74, 6) is -0.481. The lowest BCUT2D eigenvalue weighted by molar-refractivity contribution is 0.0526. The Balaban J connectivity index is 1.65. The molecule has 2 aromatic carbocycles. The lowest BCUT2D eigenvalue weighted by Crippen LogP contribution is -2.17. The van der Waals surface area contributed by atoms with Crippen molar-refractivity contribution >= 4 is 48.8 Å². The number of carbonyl (C=O) groups is 1. The molecule has 0 spiro atoms. The third-order valence-corrected chi connectivity index (χ3v) is 8.49. The number of thiophene rings is 1. The zero-order valence-electron chi connectivity index (χ0n) is 17.0. The molecule has 3 aromatic rings. The van der Waals surface area contributed by atoms with Crippen molar-refractivity contribution < 1.29 is 17.9 Å². The van der Waals surface area contributed by atoms with Crippen molar-refractivity contribution in [1.29, 1.82) is 0 Å². The number of ether oxygens (including phenoxy) is 1. The van der Waals surface area contributed by atoms with Crippen LogP contribution in [0.3, 0.4) is 0 Å². The molecule has 0 bridgehead atoms. The third kappa shape index (κ3) is 4.02. The first-order valence-electron chi connectivity index (χ1n) is 9.97. The van der Waals surface area contributed by atoms with Gasteiger partial charge in [-0.15, -0.1) is 11.3 Å². The number of benzene rings is 2. The molecule has 0 unspecified atom stereocenters. The third-order valence-electron chi connectivity index (χ3n) is 5.22. The van der Waals surface area contributed by atoms with Crippen LogP contribution >= 0.6 is 11.3 Å². The molecule has 1 aliphatic rings. The lowest BCUT2D eigenvalue weighted by atomic mass is 10.1. The van der Waals surface area contributed by atoms with E-state index in [2.05, 4.69) is 21.8 Å². The first kappa shape index (κ1) is 20.7. The first-order chi connectivity index (χ1) is 14.4. The minimum atomic E-state index is -3.79. The largest absolute Gasteiger partial charge is 0.462 e. The summed E-state index contributed by atoms with van der Waals surface area (Å²) in [6, 6.07) is 12.5. The van der Waals surface area contributed by atoms with Crippen LogP contribution < -0.4 is 9.62 Å². The topological polar surface area (TPSA) is 75.7 Å². The number of esters is 1. The van der Waals surface area contributed by atoms with Gasteiger partial charge in [0.15, 0.2) is 0 Å². The molecule has 2 heterocycles. The molecule has 0 saturated carbocycles. The first-order valence-corrected chi connectivity index (χ1v) is 12.3. The Morgan fingerprint density at radius 1 is 1.17 bits per heavy atom. The molecule has 8 heteroatoms. The van der Waals surface area contributed by atoms with E-state index in [1.54, 1.807) is 25.1 Å². The number of nitrogens with one attached hydrogen (secondary N) is 1. The summed E-state index contributed by atoms with van der Waals surface area (Å²) in [7, 11) is -3.79. The van der Waals surface area contributed by atoms with Gasteiger partial charge in [0.1, 0.15) is 4.21 Å². The Morgan fingerprint density at radius 2 is 1.93 bits per heavy atom. The highest BCUT2D eigenvalue weighted by molar-refractivity contribution is 7.94. The number of sulfonamides is 1. The van der Waals surface area contributed by atoms with Gasteiger partial charge in [0, 0.05) is 29.2 Å². The highest BCUT2D eigenvalue weighted by Crippen LogP contribution is 2.37. The van der Waals surface area contributed by atoms with Crippen molar-refractivity contribution in [2.75, 3.05) is 29.3 Å². The Kier molecular flexibility index (Phi) is 5.71. The molecule has 0 atom stereocenters. The molecule has 0 aliphatic carbocycles. The average Bonchev–Trinajstić information content (AvgIpc) is 3.37. The van der Waals surface area contributed by atoms with Crippen LogP contribution in [0.2, 0.25) is 0 Å². The summed E-state index contributed by atoms with van der Waals surface area (Å²) in [6.07, 6.45) is 2.38. The summed E-state index contributed by atoms with van der Waals surface area (Å²) in [6.45, 7) is 5.91. The maximum absolute atomic E-state index is 13.1. The van der Waals surface area contributed by atoms with Gasteiger partial charge in [-0.1, -0.05) is 6.07 Å². The lowest BCUT2D eigenvalue weighted by Gasteiger charge is -2.17. The van der Waals surface area contributed by atoms with Gasteiger partial charge in [-0.3, -0.25) is 4.72 Å². The molecule has 1 N–H and O–H groups in total. The number of fused-ring (bicyclic) bond motifs is 1. The minimum Gasteiger partial charge on any atom is -0.462 e. The van der Waals surface area contributed by atoms with E-state index < -0.39 is 16.0 Å². The number of aryl methyl sites for hydroxylation is 1. The Labute approximate surface area is 180 Å². The smallest absolute Gasteiger partial charge is 0.338 e. The second-order valence-electron chi connectivity index (χ2n) is 7.30. The zero-order chi connectivity index (χ0) is 21.3. The van der Waals surface area contributed by atoms with Crippen molar-refractivity contribution in [3.63, 3.8) is 0 Å². The Morgan fingerprint density at radius 3 is 2.67 bits per heavy atom. The second-order valence-corrected chi connectivity index (χ2v) is 10.2.